The van der Waals surface area contributed by atoms with Crippen molar-refractivity contribution in [3.8, 4) is 0 Å². The average molecular weight is 301 g/mol. The number of rotatable bonds is 4. The smallest absolute Gasteiger partial charge is 0.246 e. The number of anilines is 1. The van der Waals surface area contributed by atoms with Crippen LogP contribution in [0.2, 0.25) is 10.0 Å². The van der Waals surface area contributed by atoms with Gasteiger partial charge < -0.3 is 10.2 Å². The summed E-state index contributed by atoms with van der Waals surface area (Å²) in [6.07, 6.45) is 3.00. The van der Waals surface area contributed by atoms with Crippen LogP contribution in [-0.2, 0) is 9.59 Å². The molecule has 0 aromatic heterocycles. The van der Waals surface area contributed by atoms with Crippen LogP contribution in [-0.4, -0.2) is 30.3 Å². The van der Waals surface area contributed by atoms with Crippen LogP contribution in [0.25, 0.3) is 0 Å². The van der Waals surface area contributed by atoms with E-state index in [1.807, 2.05) is 0 Å². The molecule has 0 aliphatic rings. The summed E-state index contributed by atoms with van der Waals surface area (Å²) in [7, 11) is 1.54. The number of nitrogens with zero attached hydrogens (tertiary/aromatic N) is 1. The van der Waals surface area contributed by atoms with Gasteiger partial charge in [-0.3, -0.25) is 9.59 Å². The van der Waals surface area contributed by atoms with Crippen molar-refractivity contribution >= 4 is 40.7 Å². The van der Waals surface area contributed by atoms with Crippen LogP contribution in [0, 0.1) is 0 Å². The summed E-state index contributed by atoms with van der Waals surface area (Å²) in [5, 5.41) is 3.29. The Bertz CT molecular complexity index is 495. The second-order valence-corrected chi connectivity index (χ2v) is 4.65. The molecule has 1 rings (SSSR count). The third-order valence-corrected chi connectivity index (χ3v) is 2.92. The topological polar surface area (TPSA) is 49.4 Å². The van der Waals surface area contributed by atoms with Gasteiger partial charge in [-0.1, -0.05) is 35.3 Å². The monoisotopic (exact) mass is 300 g/mol. The van der Waals surface area contributed by atoms with Crippen molar-refractivity contribution in [3.05, 3.63) is 40.4 Å². The number of halogens is 2. The third-order valence-electron chi connectivity index (χ3n) is 2.29. The Balaban J connectivity index is 2.68. The van der Waals surface area contributed by atoms with E-state index < -0.39 is 0 Å². The van der Waals surface area contributed by atoms with Crippen molar-refractivity contribution in [1.29, 1.82) is 0 Å². The average Bonchev–Trinajstić information content (AvgIpc) is 2.34. The predicted octanol–water partition coefficient (Wildman–Crippen LogP) is 2.97. The molecule has 2 amide bonds. The first-order chi connectivity index (χ1) is 8.95. The fraction of sp³-hybridized carbons (Fsp3) is 0.231. The van der Waals surface area contributed by atoms with Gasteiger partial charge >= 0.3 is 0 Å². The number of hydrogen-bond donors (Lipinski definition) is 1. The zero-order valence-corrected chi connectivity index (χ0v) is 12.1. The van der Waals surface area contributed by atoms with E-state index in [0.717, 1.165) is 0 Å². The van der Waals surface area contributed by atoms with Crippen molar-refractivity contribution < 1.29 is 9.59 Å². The van der Waals surface area contributed by atoms with Crippen molar-refractivity contribution in [2.24, 2.45) is 0 Å². The maximum absolute atomic E-state index is 11.8. The van der Waals surface area contributed by atoms with Gasteiger partial charge in [0.25, 0.3) is 0 Å². The molecule has 1 aromatic rings. The van der Waals surface area contributed by atoms with Crippen LogP contribution < -0.4 is 5.32 Å². The number of carbonyl (C=O) groups is 2. The van der Waals surface area contributed by atoms with Gasteiger partial charge in [0.05, 0.1) is 22.3 Å². The van der Waals surface area contributed by atoms with Crippen LogP contribution in [0.3, 0.4) is 0 Å². The Hall–Kier alpha value is -1.52. The van der Waals surface area contributed by atoms with Crippen molar-refractivity contribution in [3.63, 3.8) is 0 Å². The molecule has 102 valence electrons. The number of nitrogens with one attached hydrogen (secondary N) is 1. The molecule has 0 bridgehead atoms. The molecule has 6 heteroatoms. The highest BCUT2D eigenvalue weighted by Crippen LogP contribution is 2.29. The number of likely N-dealkylation sites (N-methyl/N-ethyl adjacent to an activating group) is 1. The first kappa shape index (κ1) is 15.5. The molecular formula is C13H14Cl2N2O2. The Morgan fingerprint density at radius 3 is 2.42 bits per heavy atom. The van der Waals surface area contributed by atoms with Crippen LogP contribution in [0.5, 0.6) is 0 Å². The zero-order chi connectivity index (χ0) is 14.4. The van der Waals surface area contributed by atoms with E-state index in [4.69, 9.17) is 23.2 Å². The second kappa shape index (κ2) is 7.16. The van der Waals surface area contributed by atoms with E-state index in [1.165, 1.54) is 18.0 Å². The predicted molar refractivity (Wildman–Crippen MR) is 77.5 cm³/mol. The van der Waals surface area contributed by atoms with Gasteiger partial charge in [0.1, 0.15) is 0 Å². The third kappa shape index (κ3) is 4.58. The second-order valence-electron chi connectivity index (χ2n) is 3.84. The number of para-hydroxylation sites is 1. The van der Waals surface area contributed by atoms with Gasteiger partial charge in [0, 0.05) is 7.05 Å². The fourth-order valence-corrected chi connectivity index (χ4v) is 1.85. The molecule has 0 aliphatic heterocycles. The number of benzene rings is 1. The van der Waals surface area contributed by atoms with E-state index in [0.29, 0.717) is 15.7 Å². The minimum absolute atomic E-state index is 0.0786. The molecule has 0 atom stereocenters. The molecule has 0 saturated heterocycles. The molecule has 1 aromatic carbocycles. The molecule has 4 nitrogen and oxygen atoms in total. The molecule has 1 N–H and O–H groups in total. The molecule has 0 radical (unpaired) electrons. The summed E-state index contributed by atoms with van der Waals surface area (Å²) in [5.41, 5.74) is 0.350. The Morgan fingerprint density at radius 1 is 1.32 bits per heavy atom. The fourth-order valence-electron chi connectivity index (χ4n) is 1.36. The lowest BCUT2D eigenvalue weighted by Gasteiger charge is -2.15. The molecule has 0 aliphatic carbocycles. The molecule has 0 fully saturated rings. The maximum atomic E-state index is 11.8. The van der Waals surface area contributed by atoms with Gasteiger partial charge in [-0.05, 0) is 25.1 Å². The van der Waals surface area contributed by atoms with Crippen LogP contribution >= 0.6 is 23.2 Å². The Labute approximate surface area is 122 Å². The number of allylic oxidation sites excluding steroid dienone is 1. The lowest BCUT2D eigenvalue weighted by molar-refractivity contribution is -0.129. The minimum Gasteiger partial charge on any atom is -0.333 e. The van der Waals surface area contributed by atoms with Crippen LogP contribution in [0.15, 0.2) is 30.4 Å². The zero-order valence-electron chi connectivity index (χ0n) is 10.6. The first-order valence-corrected chi connectivity index (χ1v) is 6.33. The largest absolute Gasteiger partial charge is 0.333 e. The van der Waals surface area contributed by atoms with Gasteiger partial charge in [0.15, 0.2) is 0 Å². The summed E-state index contributed by atoms with van der Waals surface area (Å²) in [4.78, 5) is 24.6. The first-order valence-electron chi connectivity index (χ1n) is 5.57. The quantitative estimate of drug-likeness (QED) is 0.869. The normalized spacial score (nSPS) is 10.5. The summed E-state index contributed by atoms with van der Waals surface area (Å²) >= 11 is 11.9. The van der Waals surface area contributed by atoms with Crippen molar-refractivity contribution in [2.45, 2.75) is 6.92 Å². The molecule has 0 spiro atoms. The summed E-state index contributed by atoms with van der Waals surface area (Å²) in [6, 6.07) is 4.93. The van der Waals surface area contributed by atoms with Gasteiger partial charge in [0.2, 0.25) is 11.8 Å². The highest BCUT2D eigenvalue weighted by molar-refractivity contribution is 6.39. The van der Waals surface area contributed by atoms with E-state index >= 15 is 0 Å². The van der Waals surface area contributed by atoms with E-state index in [9.17, 15) is 9.59 Å². The van der Waals surface area contributed by atoms with Crippen molar-refractivity contribution in [1.82, 2.24) is 4.90 Å². The number of hydrogen-bond acceptors (Lipinski definition) is 2. The van der Waals surface area contributed by atoms with E-state index in [1.54, 1.807) is 31.2 Å². The molecular weight excluding hydrogens is 287 g/mol. The highest BCUT2D eigenvalue weighted by Gasteiger charge is 2.13. The molecule has 19 heavy (non-hydrogen) atoms. The number of amides is 2. The van der Waals surface area contributed by atoms with Crippen molar-refractivity contribution in [2.75, 3.05) is 18.9 Å². The van der Waals surface area contributed by atoms with E-state index in [2.05, 4.69) is 5.32 Å². The SMILES string of the molecule is C/C=C/C(=O)N(C)CC(=O)Nc1c(Cl)cccc1Cl. The van der Waals surface area contributed by atoms with Gasteiger partial charge in [-0.25, -0.2) is 0 Å². The summed E-state index contributed by atoms with van der Waals surface area (Å²) in [6.45, 7) is 1.65. The minimum atomic E-state index is -0.365. The summed E-state index contributed by atoms with van der Waals surface area (Å²) in [5.74, 6) is -0.613. The molecule has 0 saturated carbocycles. The standard InChI is InChI=1S/C13H14Cl2N2O2/c1-3-5-12(19)17(2)8-11(18)16-13-9(14)6-4-7-10(13)15/h3-7H,8H2,1-2H3,(H,16,18)/b5-3+. The van der Waals surface area contributed by atoms with E-state index in [-0.39, 0.29) is 18.4 Å². The highest BCUT2D eigenvalue weighted by atomic mass is 35.5. The molecule has 0 heterocycles. The molecule has 0 unspecified atom stereocenters. The Morgan fingerprint density at radius 2 is 1.89 bits per heavy atom. The van der Waals surface area contributed by atoms with Gasteiger partial charge in [-0.2, -0.15) is 0 Å². The number of carbonyl (C=O) groups excluding carboxylic acids is 2. The van der Waals surface area contributed by atoms with Gasteiger partial charge in [-0.15, -0.1) is 0 Å². The summed E-state index contributed by atoms with van der Waals surface area (Å²) < 4.78 is 0. The lowest BCUT2D eigenvalue weighted by Crippen LogP contribution is -2.34. The lowest BCUT2D eigenvalue weighted by atomic mass is 10.3. The Kier molecular flexibility index (Phi) is 5.86. The van der Waals surface area contributed by atoms with Crippen LogP contribution in [0.1, 0.15) is 6.92 Å². The van der Waals surface area contributed by atoms with Crippen LogP contribution in [0.4, 0.5) is 5.69 Å². The maximum Gasteiger partial charge on any atom is 0.246 e.